The van der Waals surface area contributed by atoms with Gasteiger partial charge in [0.2, 0.25) is 0 Å². The summed E-state index contributed by atoms with van der Waals surface area (Å²) < 4.78 is 9.83. The van der Waals surface area contributed by atoms with Crippen LogP contribution in [0.15, 0.2) is 41.0 Å². The van der Waals surface area contributed by atoms with Crippen molar-refractivity contribution in [2.45, 2.75) is 13.0 Å². The zero-order valence-corrected chi connectivity index (χ0v) is 14.6. The van der Waals surface area contributed by atoms with Gasteiger partial charge in [-0.2, -0.15) is 0 Å². The van der Waals surface area contributed by atoms with Gasteiger partial charge in [0.1, 0.15) is 6.54 Å². The summed E-state index contributed by atoms with van der Waals surface area (Å²) in [4.78, 5) is 35.4. The molecular formula is C16H14Cl2N2O5. The van der Waals surface area contributed by atoms with Gasteiger partial charge in [0.15, 0.2) is 11.9 Å². The number of esters is 1. The average molecular weight is 385 g/mol. The van der Waals surface area contributed by atoms with Crippen molar-refractivity contribution in [1.82, 2.24) is 5.32 Å². The second-order valence-corrected chi connectivity index (χ2v) is 5.67. The molecule has 0 fully saturated rings. The zero-order valence-electron chi connectivity index (χ0n) is 13.0. The van der Waals surface area contributed by atoms with Gasteiger partial charge in [0.05, 0.1) is 22.0 Å². The van der Waals surface area contributed by atoms with Crippen molar-refractivity contribution >= 4 is 46.7 Å². The molecule has 2 amide bonds. The van der Waals surface area contributed by atoms with E-state index in [1.807, 2.05) is 0 Å². The van der Waals surface area contributed by atoms with Crippen molar-refractivity contribution in [3.63, 3.8) is 0 Å². The first-order valence-corrected chi connectivity index (χ1v) is 7.90. The average Bonchev–Trinajstić information content (AvgIpc) is 3.11. The maximum atomic E-state index is 12.0. The van der Waals surface area contributed by atoms with Gasteiger partial charge in [-0.25, -0.2) is 0 Å². The van der Waals surface area contributed by atoms with Gasteiger partial charge in [-0.3, -0.25) is 14.4 Å². The summed E-state index contributed by atoms with van der Waals surface area (Å²) in [6.07, 6.45) is 0.240. The Kier molecular flexibility index (Phi) is 6.44. The van der Waals surface area contributed by atoms with E-state index in [-0.39, 0.29) is 15.8 Å². The summed E-state index contributed by atoms with van der Waals surface area (Å²) in [6, 6.07) is 7.74. The van der Waals surface area contributed by atoms with E-state index in [0.717, 1.165) is 0 Å². The first-order valence-electron chi connectivity index (χ1n) is 7.14. The Balaban J connectivity index is 1.83. The van der Waals surface area contributed by atoms with Gasteiger partial charge in [0, 0.05) is 0 Å². The van der Waals surface area contributed by atoms with Crippen LogP contribution in [0.4, 0.5) is 5.69 Å². The normalized spacial score (nSPS) is 11.5. The van der Waals surface area contributed by atoms with E-state index in [9.17, 15) is 14.4 Å². The third-order valence-electron chi connectivity index (χ3n) is 3.03. The number of carbonyl (C=O) groups is 3. The first-order chi connectivity index (χ1) is 11.9. The molecular weight excluding hydrogens is 371 g/mol. The van der Waals surface area contributed by atoms with Crippen LogP contribution in [-0.2, 0) is 14.3 Å². The minimum Gasteiger partial charge on any atom is -0.459 e. The fourth-order valence-corrected chi connectivity index (χ4v) is 2.12. The number of rotatable bonds is 6. The molecule has 2 rings (SSSR count). The molecule has 0 bridgehead atoms. The molecule has 9 heteroatoms. The molecule has 0 spiro atoms. The van der Waals surface area contributed by atoms with Gasteiger partial charge in [-0.1, -0.05) is 29.3 Å². The highest BCUT2D eigenvalue weighted by Gasteiger charge is 2.20. The van der Waals surface area contributed by atoms with Gasteiger partial charge < -0.3 is 19.8 Å². The number of benzene rings is 1. The molecule has 1 unspecified atom stereocenters. The van der Waals surface area contributed by atoms with Crippen LogP contribution in [0.1, 0.15) is 17.5 Å². The highest BCUT2D eigenvalue weighted by molar-refractivity contribution is 6.44. The van der Waals surface area contributed by atoms with Crippen LogP contribution in [0.5, 0.6) is 0 Å². The molecule has 0 radical (unpaired) electrons. The lowest BCUT2D eigenvalue weighted by Crippen LogP contribution is -2.35. The summed E-state index contributed by atoms with van der Waals surface area (Å²) in [5.41, 5.74) is 0.299. The van der Waals surface area contributed by atoms with Crippen molar-refractivity contribution in [3.8, 4) is 0 Å². The molecule has 132 valence electrons. The smallest absolute Gasteiger partial charge is 0.326 e. The number of furan rings is 1. The second-order valence-electron chi connectivity index (χ2n) is 4.88. The van der Waals surface area contributed by atoms with Crippen LogP contribution in [0.3, 0.4) is 0 Å². The Hall–Kier alpha value is -2.51. The molecule has 1 heterocycles. The summed E-state index contributed by atoms with van der Waals surface area (Å²) in [5.74, 6) is -1.87. The largest absolute Gasteiger partial charge is 0.459 e. The summed E-state index contributed by atoms with van der Waals surface area (Å²) in [7, 11) is 0. The maximum Gasteiger partial charge on any atom is 0.326 e. The second kappa shape index (κ2) is 8.55. The Labute approximate surface area is 153 Å². The first kappa shape index (κ1) is 18.8. The lowest BCUT2D eigenvalue weighted by molar-refractivity contribution is -0.152. The topological polar surface area (TPSA) is 97.6 Å². The zero-order chi connectivity index (χ0) is 18.4. The van der Waals surface area contributed by atoms with E-state index in [1.165, 1.54) is 19.3 Å². The van der Waals surface area contributed by atoms with Crippen molar-refractivity contribution in [3.05, 3.63) is 52.4 Å². The summed E-state index contributed by atoms with van der Waals surface area (Å²) in [5, 5.41) is 5.29. The van der Waals surface area contributed by atoms with Gasteiger partial charge in [0.25, 0.3) is 11.8 Å². The minimum absolute atomic E-state index is 0.0641. The van der Waals surface area contributed by atoms with Crippen molar-refractivity contribution in [1.29, 1.82) is 0 Å². The highest BCUT2D eigenvalue weighted by atomic mass is 35.5. The number of hydrogen-bond donors (Lipinski definition) is 2. The lowest BCUT2D eigenvalue weighted by atomic mass is 10.3. The fraction of sp³-hybridized carbons (Fsp3) is 0.188. The van der Waals surface area contributed by atoms with Crippen LogP contribution in [0.2, 0.25) is 10.0 Å². The highest BCUT2D eigenvalue weighted by Crippen LogP contribution is 2.29. The number of hydrogen-bond acceptors (Lipinski definition) is 5. The monoisotopic (exact) mass is 384 g/mol. The molecule has 7 nitrogen and oxygen atoms in total. The predicted molar refractivity (Wildman–Crippen MR) is 91.7 cm³/mol. The van der Waals surface area contributed by atoms with Crippen molar-refractivity contribution in [2.75, 3.05) is 11.9 Å². The van der Waals surface area contributed by atoms with Gasteiger partial charge in [-0.15, -0.1) is 0 Å². The van der Waals surface area contributed by atoms with Crippen molar-refractivity contribution < 1.29 is 23.5 Å². The van der Waals surface area contributed by atoms with Crippen LogP contribution in [-0.4, -0.2) is 30.4 Å². The predicted octanol–water partition coefficient (Wildman–Crippen LogP) is 2.89. The molecule has 0 aliphatic carbocycles. The SMILES string of the molecule is CC(OC(=O)CNC(=O)c1ccco1)C(=O)Nc1cccc(Cl)c1Cl. The molecule has 1 aromatic heterocycles. The van der Waals surface area contributed by atoms with E-state index in [2.05, 4.69) is 10.6 Å². The molecule has 25 heavy (non-hydrogen) atoms. The summed E-state index contributed by atoms with van der Waals surface area (Å²) >= 11 is 11.8. The molecule has 2 aromatic rings. The van der Waals surface area contributed by atoms with Gasteiger partial charge in [-0.05, 0) is 31.2 Å². The van der Waals surface area contributed by atoms with Crippen LogP contribution in [0.25, 0.3) is 0 Å². The Morgan fingerprint density at radius 2 is 1.96 bits per heavy atom. The third-order valence-corrected chi connectivity index (χ3v) is 3.84. The number of halogens is 2. The van der Waals surface area contributed by atoms with Crippen LogP contribution in [0, 0.1) is 0 Å². The van der Waals surface area contributed by atoms with E-state index < -0.39 is 30.4 Å². The molecule has 1 aromatic carbocycles. The molecule has 2 N–H and O–H groups in total. The number of carbonyl (C=O) groups excluding carboxylic acids is 3. The Morgan fingerprint density at radius 1 is 1.20 bits per heavy atom. The number of nitrogens with one attached hydrogen (secondary N) is 2. The Bertz CT molecular complexity index is 777. The van der Waals surface area contributed by atoms with E-state index in [1.54, 1.807) is 24.3 Å². The fourth-order valence-electron chi connectivity index (χ4n) is 1.77. The Morgan fingerprint density at radius 3 is 2.64 bits per heavy atom. The molecule has 0 aliphatic heterocycles. The van der Waals surface area contributed by atoms with E-state index in [4.69, 9.17) is 32.4 Å². The van der Waals surface area contributed by atoms with Crippen LogP contribution >= 0.6 is 23.2 Å². The van der Waals surface area contributed by atoms with E-state index in [0.29, 0.717) is 5.69 Å². The number of amides is 2. The quantitative estimate of drug-likeness (QED) is 0.746. The minimum atomic E-state index is -1.09. The maximum absolute atomic E-state index is 12.0. The number of anilines is 1. The summed E-state index contributed by atoms with van der Waals surface area (Å²) in [6.45, 7) is 0.981. The van der Waals surface area contributed by atoms with E-state index >= 15 is 0 Å². The third kappa shape index (κ3) is 5.23. The number of ether oxygens (including phenoxy) is 1. The van der Waals surface area contributed by atoms with Crippen LogP contribution < -0.4 is 10.6 Å². The lowest BCUT2D eigenvalue weighted by Gasteiger charge is -2.14. The molecule has 0 saturated heterocycles. The molecule has 0 saturated carbocycles. The molecule has 1 atom stereocenters. The molecule has 0 aliphatic rings. The van der Waals surface area contributed by atoms with Gasteiger partial charge >= 0.3 is 5.97 Å². The standard InChI is InChI=1S/C16H14Cl2N2O5/c1-9(15(22)20-11-5-2-4-10(17)14(11)18)25-13(21)8-19-16(23)12-6-3-7-24-12/h2-7,9H,8H2,1H3,(H,19,23)(H,20,22). The van der Waals surface area contributed by atoms with Crippen molar-refractivity contribution in [2.24, 2.45) is 0 Å².